The Morgan fingerprint density at radius 2 is 1.81 bits per heavy atom. The van der Waals surface area contributed by atoms with Crippen molar-refractivity contribution in [1.29, 1.82) is 0 Å². The smallest absolute Gasteiger partial charge is 0.408 e. The number of carbonyl (C=O) groups excluding carboxylic acids is 4. The van der Waals surface area contributed by atoms with E-state index in [2.05, 4.69) is 34.9 Å². The van der Waals surface area contributed by atoms with E-state index in [1.165, 1.54) is 12.0 Å². The summed E-state index contributed by atoms with van der Waals surface area (Å²) in [6.45, 7) is 8.59. The molecule has 0 saturated carbocycles. The fourth-order valence-electron chi connectivity index (χ4n) is 3.59. The van der Waals surface area contributed by atoms with Crippen molar-refractivity contribution in [2.45, 2.75) is 78.0 Å². The Bertz CT molecular complexity index is 933. The number of benzene rings is 1. The summed E-state index contributed by atoms with van der Waals surface area (Å²) < 4.78 is 9.91. The minimum atomic E-state index is -1.28. The zero-order valence-electron chi connectivity index (χ0n) is 22.6. The molecule has 10 nitrogen and oxygen atoms in total. The van der Waals surface area contributed by atoms with Crippen molar-refractivity contribution >= 4 is 36.5 Å². The third-order valence-electron chi connectivity index (χ3n) is 5.47. The van der Waals surface area contributed by atoms with Crippen molar-refractivity contribution in [3.63, 3.8) is 0 Å². The number of phenolic OH excluding ortho intramolecular Hbond substituents is 1. The van der Waals surface area contributed by atoms with Crippen LogP contribution in [0.3, 0.4) is 0 Å². The number of unbranched alkanes of at least 4 members (excludes halogenated alkanes) is 3. The highest BCUT2D eigenvalue weighted by Crippen LogP contribution is 2.32. The van der Waals surface area contributed by atoms with Crippen LogP contribution in [-0.2, 0) is 23.9 Å². The van der Waals surface area contributed by atoms with Crippen LogP contribution in [0.5, 0.6) is 5.75 Å². The largest absolute Gasteiger partial charge is 0.507 e. The molecule has 0 aliphatic heterocycles. The van der Waals surface area contributed by atoms with Gasteiger partial charge in [-0.2, -0.15) is 12.6 Å². The fraction of sp³-hybridized carbons (Fsp3) is 0.615. The van der Waals surface area contributed by atoms with Crippen LogP contribution < -0.4 is 10.6 Å². The molecular weight excluding hydrogens is 498 g/mol. The Labute approximate surface area is 224 Å². The van der Waals surface area contributed by atoms with E-state index >= 15 is 0 Å². The van der Waals surface area contributed by atoms with E-state index in [0.29, 0.717) is 12.0 Å². The zero-order valence-corrected chi connectivity index (χ0v) is 23.5. The van der Waals surface area contributed by atoms with Crippen molar-refractivity contribution in [2.75, 3.05) is 26.0 Å². The molecule has 2 unspecified atom stereocenters. The summed E-state index contributed by atoms with van der Waals surface area (Å²) in [5.41, 5.74) is -0.0710. The van der Waals surface area contributed by atoms with E-state index < -0.39 is 48.1 Å². The number of nitrogens with one attached hydrogen (secondary N) is 2. The van der Waals surface area contributed by atoms with Crippen LogP contribution in [0, 0.1) is 6.92 Å². The predicted molar refractivity (Wildman–Crippen MR) is 143 cm³/mol. The molecule has 0 aromatic heterocycles. The number of para-hydroxylation sites is 1. The number of methoxy groups -OCH3 is 1. The first-order chi connectivity index (χ1) is 17.4. The van der Waals surface area contributed by atoms with Crippen LogP contribution in [-0.4, -0.2) is 71.5 Å². The Hall–Kier alpha value is -2.95. The van der Waals surface area contributed by atoms with Gasteiger partial charge in [-0.1, -0.05) is 44.4 Å². The van der Waals surface area contributed by atoms with Gasteiger partial charge in [-0.05, 0) is 39.7 Å². The summed E-state index contributed by atoms with van der Waals surface area (Å²) in [5.74, 6) is -2.11. The molecule has 2 atom stereocenters. The molecule has 37 heavy (non-hydrogen) atoms. The van der Waals surface area contributed by atoms with Crippen LogP contribution in [0.1, 0.15) is 70.5 Å². The Morgan fingerprint density at radius 1 is 1.14 bits per heavy atom. The van der Waals surface area contributed by atoms with Gasteiger partial charge in [-0.15, -0.1) is 0 Å². The van der Waals surface area contributed by atoms with E-state index in [-0.39, 0.29) is 23.6 Å². The van der Waals surface area contributed by atoms with Gasteiger partial charge in [0.05, 0.1) is 7.11 Å². The molecule has 0 radical (unpaired) electrons. The number of thiol groups is 1. The fourth-order valence-corrected chi connectivity index (χ4v) is 3.84. The Kier molecular flexibility index (Phi) is 13.3. The highest BCUT2D eigenvalue weighted by atomic mass is 32.1. The SMILES string of the molecule is CCCCCCN(C(=O)C(CS)NC(=O)OC(C)(C)C)C(C(=O)NCC(=O)OC)c1cccc(C)c1O. The molecule has 0 fully saturated rings. The van der Waals surface area contributed by atoms with E-state index in [4.69, 9.17) is 4.74 Å². The molecule has 0 spiro atoms. The van der Waals surface area contributed by atoms with Gasteiger partial charge in [0.1, 0.15) is 30.0 Å². The number of hydrogen-bond donors (Lipinski definition) is 4. The van der Waals surface area contributed by atoms with Gasteiger partial charge in [0.2, 0.25) is 11.8 Å². The van der Waals surface area contributed by atoms with Crippen LogP contribution in [0.25, 0.3) is 0 Å². The number of rotatable bonds is 13. The van der Waals surface area contributed by atoms with Gasteiger partial charge in [-0.3, -0.25) is 14.4 Å². The number of nitrogens with zero attached hydrogens (tertiary/aromatic N) is 1. The first kappa shape index (κ1) is 32.1. The molecule has 1 aromatic carbocycles. The maximum atomic E-state index is 13.8. The summed E-state index contributed by atoms with van der Waals surface area (Å²) in [5, 5.41) is 15.9. The number of ether oxygens (including phenoxy) is 2. The van der Waals surface area contributed by atoms with Crippen molar-refractivity contribution in [3.8, 4) is 5.75 Å². The number of aryl methyl sites for hydroxylation is 1. The second kappa shape index (κ2) is 15.3. The number of alkyl carbamates (subject to hydrolysis) is 1. The van der Waals surface area contributed by atoms with Crippen molar-refractivity contribution in [2.24, 2.45) is 0 Å². The minimum Gasteiger partial charge on any atom is -0.507 e. The highest BCUT2D eigenvalue weighted by Gasteiger charge is 2.37. The van der Waals surface area contributed by atoms with E-state index in [0.717, 1.165) is 19.3 Å². The molecule has 1 rings (SSSR count). The minimum absolute atomic E-state index is 0.0557. The molecule has 3 amide bonds. The number of carbonyl (C=O) groups is 4. The lowest BCUT2D eigenvalue weighted by molar-refractivity contribution is -0.144. The van der Waals surface area contributed by atoms with Gasteiger partial charge in [0.15, 0.2) is 0 Å². The molecule has 0 aliphatic rings. The molecule has 11 heteroatoms. The summed E-state index contributed by atoms with van der Waals surface area (Å²) in [4.78, 5) is 52.7. The van der Waals surface area contributed by atoms with Gasteiger partial charge >= 0.3 is 12.1 Å². The third-order valence-corrected chi connectivity index (χ3v) is 5.83. The molecule has 0 bridgehead atoms. The standard InChI is InChI=1S/C26H41N3O7S/c1-7-8-9-10-14-29(24(33)19(16-37)28-25(34)36-26(3,4)5)21(23(32)27-15-20(30)35-6)18-13-11-12-17(2)22(18)31/h11-13,19,21,31,37H,7-10,14-16H2,1-6H3,(H,27,32)(H,28,34). The zero-order chi connectivity index (χ0) is 28.2. The van der Waals surface area contributed by atoms with E-state index in [9.17, 15) is 24.3 Å². The summed E-state index contributed by atoms with van der Waals surface area (Å²) in [6.07, 6.45) is 2.49. The molecule has 0 aliphatic carbocycles. The third kappa shape index (κ3) is 10.5. The second-order valence-corrected chi connectivity index (χ2v) is 10.0. The number of aromatic hydroxyl groups is 1. The monoisotopic (exact) mass is 539 g/mol. The molecule has 3 N–H and O–H groups in total. The van der Waals surface area contributed by atoms with Crippen LogP contribution in [0.4, 0.5) is 4.79 Å². The average molecular weight is 540 g/mol. The van der Waals surface area contributed by atoms with Crippen molar-refractivity contribution < 1.29 is 33.8 Å². The number of amides is 3. The average Bonchev–Trinajstić information content (AvgIpc) is 2.83. The lowest BCUT2D eigenvalue weighted by Gasteiger charge is -2.34. The van der Waals surface area contributed by atoms with Gasteiger partial charge in [0, 0.05) is 17.9 Å². The molecule has 0 saturated heterocycles. The van der Waals surface area contributed by atoms with Gasteiger partial charge in [-0.25, -0.2) is 4.79 Å². The van der Waals surface area contributed by atoms with Crippen LogP contribution >= 0.6 is 12.6 Å². The Morgan fingerprint density at radius 3 is 2.38 bits per heavy atom. The summed E-state index contributed by atoms with van der Waals surface area (Å²) in [7, 11) is 1.20. The maximum Gasteiger partial charge on any atom is 0.408 e. The molecule has 1 aromatic rings. The van der Waals surface area contributed by atoms with Crippen LogP contribution in [0.2, 0.25) is 0 Å². The lowest BCUT2D eigenvalue weighted by atomic mass is 9.99. The van der Waals surface area contributed by atoms with Gasteiger partial charge < -0.3 is 30.1 Å². The Balaban J connectivity index is 3.46. The molecule has 208 valence electrons. The van der Waals surface area contributed by atoms with Crippen molar-refractivity contribution in [3.05, 3.63) is 29.3 Å². The van der Waals surface area contributed by atoms with Gasteiger partial charge in [0.25, 0.3) is 0 Å². The first-order valence-corrected chi connectivity index (χ1v) is 13.0. The van der Waals surface area contributed by atoms with Crippen molar-refractivity contribution in [1.82, 2.24) is 15.5 Å². The lowest BCUT2D eigenvalue weighted by Crippen LogP contribution is -2.54. The van der Waals surface area contributed by atoms with E-state index in [1.54, 1.807) is 45.9 Å². The quantitative estimate of drug-likeness (QED) is 0.172. The second-order valence-electron chi connectivity index (χ2n) is 9.68. The first-order valence-electron chi connectivity index (χ1n) is 12.4. The number of hydrogen-bond acceptors (Lipinski definition) is 8. The van der Waals surface area contributed by atoms with Crippen LogP contribution in [0.15, 0.2) is 18.2 Å². The predicted octanol–water partition coefficient (Wildman–Crippen LogP) is 3.26. The molecular formula is C26H41N3O7S. The normalized spacial score (nSPS) is 12.7. The maximum absolute atomic E-state index is 13.8. The summed E-state index contributed by atoms with van der Waals surface area (Å²) in [6, 6.07) is 2.51. The topological polar surface area (TPSA) is 134 Å². The van der Waals surface area contributed by atoms with E-state index in [1.807, 2.05) is 0 Å². The molecule has 0 heterocycles. The highest BCUT2D eigenvalue weighted by molar-refractivity contribution is 7.80. The summed E-state index contributed by atoms with van der Waals surface area (Å²) >= 11 is 4.26. The number of esters is 1. The number of phenols is 1.